The van der Waals surface area contributed by atoms with Gasteiger partial charge in [0.25, 0.3) is 5.91 Å². The Morgan fingerprint density at radius 2 is 1.58 bits per heavy atom. The Bertz CT molecular complexity index is 912. The van der Waals surface area contributed by atoms with Crippen LogP contribution in [0, 0.1) is 20.8 Å². The highest BCUT2D eigenvalue weighted by Crippen LogP contribution is 2.17. The van der Waals surface area contributed by atoms with Gasteiger partial charge in [-0.05, 0) is 32.4 Å². The smallest absolute Gasteiger partial charge is 0.272 e. The van der Waals surface area contributed by atoms with Crippen LogP contribution < -0.4 is 0 Å². The van der Waals surface area contributed by atoms with Crippen molar-refractivity contribution in [1.82, 2.24) is 14.9 Å². The monoisotopic (exact) mass is 345 g/mol. The number of aryl methyl sites for hydroxylation is 3. The lowest BCUT2D eigenvalue weighted by Gasteiger charge is -2.18. The van der Waals surface area contributed by atoms with Crippen LogP contribution >= 0.6 is 0 Å². The number of hydrogen-bond acceptors (Lipinski definition) is 3. The van der Waals surface area contributed by atoms with Gasteiger partial charge in [0, 0.05) is 25.4 Å². The Balaban J connectivity index is 1.80. The fourth-order valence-electron chi connectivity index (χ4n) is 3.02. The van der Waals surface area contributed by atoms with E-state index in [-0.39, 0.29) is 5.91 Å². The fourth-order valence-corrected chi connectivity index (χ4v) is 3.02. The minimum Gasteiger partial charge on any atom is -0.336 e. The third-order valence-corrected chi connectivity index (χ3v) is 4.23. The van der Waals surface area contributed by atoms with Gasteiger partial charge in [-0.3, -0.25) is 4.79 Å². The van der Waals surface area contributed by atoms with E-state index in [0.29, 0.717) is 18.1 Å². The van der Waals surface area contributed by atoms with Crippen molar-refractivity contribution < 1.29 is 4.79 Å². The molecule has 1 amide bonds. The molecule has 0 N–H and O–H groups in total. The molecule has 0 spiro atoms. The van der Waals surface area contributed by atoms with Crippen molar-refractivity contribution in [3.05, 3.63) is 82.7 Å². The maximum atomic E-state index is 12.8. The molecule has 1 aromatic heterocycles. The van der Waals surface area contributed by atoms with Crippen LogP contribution in [0.2, 0.25) is 0 Å². The van der Waals surface area contributed by atoms with Gasteiger partial charge < -0.3 is 4.90 Å². The van der Waals surface area contributed by atoms with Crippen LogP contribution in [0.1, 0.15) is 32.7 Å². The molecular formula is C22H23N3O. The van der Waals surface area contributed by atoms with Crippen LogP contribution in [0.15, 0.2) is 54.7 Å². The Kier molecular flexibility index (Phi) is 5.12. The van der Waals surface area contributed by atoms with Crippen molar-refractivity contribution in [1.29, 1.82) is 0 Å². The van der Waals surface area contributed by atoms with Crippen LogP contribution in [0.3, 0.4) is 0 Å². The molecule has 26 heavy (non-hydrogen) atoms. The van der Waals surface area contributed by atoms with E-state index in [1.807, 2.05) is 31.2 Å². The number of amides is 1. The highest BCUT2D eigenvalue weighted by molar-refractivity contribution is 5.92. The number of aromatic nitrogens is 2. The van der Waals surface area contributed by atoms with E-state index in [0.717, 1.165) is 11.1 Å². The van der Waals surface area contributed by atoms with Crippen LogP contribution in [-0.2, 0) is 6.54 Å². The van der Waals surface area contributed by atoms with Gasteiger partial charge in [-0.15, -0.1) is 0 Å². The third-order valence-electron chi connectivity index (χ3n) is 4.23. The first-order chi connectivity index (χ1) is 12.4. The largest absolute Gasteiger partial charge is 0.336 e. The van der Waals surface area contributed by atoms with Gasteiger partial charge in [-0.1, -0.05) is 59.2 Å². The predicted molar refractivity (Wildman–Crippen MR) is 104 cm³/mol. The van der Waals surface area contributed by atoms with E-state index in [4.69, 9.17) is 0 Å². The lowest BCUT2D eigenvalue weighted by molar-refractivity contribution is 0.0779. The molecule has 2 aromatic carbocycles. The van der Waals surface area contributed by atoms with Gasteiger partial charge in [-0.2, -0.15) is 0 Å². The Morgan fingerprint density at radius 1 is 0.923 bits per heavy atom. The minimum absolute atomic E-state index is 0.111. The Labute approximate surface area is 154 Å². The standard InChI is InChI=1S/C22H23N3O/c1-15-5-7-19(8-6-15)21-23-10-9-20(24-21)22(26)25(4)14-18-12-16(2)11-17(3)13-18/h5-13H,14H2,1-4H3. The summed E-state index contributed by atoms with van der Waals surface area (Å²) in [6.45, 7) is 6.71. The normalized spacial score (nSPS) is 10.6. The summed E-state index contributed by atoms with van der Waals surface area (Å²) in [5.74, 6) is 0.454. The van der Waals surface area contributed by atoms with Crippen LogP contribution in [0.25, 0.3) is 11.4 Å². The molecule has 0 saturated carbocycles. The maximum absolute atomic E-state index is 12.8. The van der Waals surface area contributed by atoms with E-state index in [9.17, 15) is 4.79 Å². The topological polar surface area (TPSA) is 46.1 Å². The van der Waals surface area contributed by atoms with Crippen molar-refractivity contribution in [3.63, 3.8) is 0 Å². The zero-order chi connectivity index (χ0) is 18.7. The van der Waals surface area contributed by atoms with E-state index < -0.39 is 0 Å². The molecule has 132 valence electrons. The first kappa shape index (κ1) is 17.8. The molecule has 1 heterocycles. The molecule has 0 aliphatic heterocycles. The summed E-state index contributed by atoms with van der Waals surface area (Å²) in [5, 5.41) is 0. The molecular weight excluding hydrogens is 322 g/mol. The molecule has 0 aliphatic carbocycles. The second kappa shape index (κ2) is 7.48. The van der Waals surface area contributed by atoms with Crippen LogP contribution in [-0.4, -0.2) is 27.8 Å². The number of nitrogens with zero attached hydrogens (tertiary/aromatic N) is 3. The van der Waals surface area contributed by atoms with Gasteiger partial charge in [0.15, 0.2) is 5.82 Å². The average Bonchev–Trinajstić information content (AvgIpc) is 2.61. The summed E-state index contributed by atoms with van der Waals surface area (Å²) in [4.78, 5) is 23.3. The van der Waals surface area contributed by atoms with Crippen molar-refractivity contribution in [3.8, 4) is 11.4 Å². The van der Waals surface area contributed by atoms with Crippen molar-refractivity contribution >= 4 is 5.91 Å². The highest BCUT2D eigenvalue weighted by atomic mass is 16.2. The number of carbonyl (C=O) groups is 1. The lowest BCUT2D eigenvalue weighted by Crippen LogP contribution is -2.27. The van der Waals surface area contributed by atoms with Crippen LogP contribution in [0.5, 0.6) is 0 Å². The molecule has 0 fully saturated rings. The van der Waals surface area contributed by atoms with Crippen molar-refractivity contribution in [2.24, 2.45) is 0 Å². The SMILES string of the molecule is Cc1ccc(-c2nccc(C(=O)N(C)Cc3cc(C)cc(C)c3)n2)cc1. The van der Waals surface area contributed by atoms with Crippen LogP contribution in [0.4, 0.5) is 0 Å². The molecule has 0 aliphatic rings. The van der Waals surface area contributed by atoms with Gasteiger partial charge >= 0.3 is 0 Å². The summed E-state index contributed by atoms with van der Waals surface area (Å²) >= 11 is 0. The molecule has 4 heteroatoms. The lowest BCUT2D eigenvalue weighted by atomic mass is 10.1. The van der Waals surface area contributed by atoms with E-state index >= 15 is 0 Å². The zero-order valence-electron chi connectivity index (χ0n) is 15.7. The first-order valence-corrected chi connectivity index (χ1v) is 8.65. The second-order valence-corrected chi connectivity index (χ2v) is 6.79. The summed E-state index contributed by atoms with van der Waals surface area (Å²) in [7, 11) is 1.80. The van der Waals surface area contributed by atoms with Crippen molar-refractivity contribution in [2.45, 2.75) is 27.3 Å². The summed E-state index contributed by atoms with van der Waals surface area (Å²) in [6, 6.07) is 16.0. The molecule has 0 unspecified atom stereocenters. The number of benzene rings is 2. The van der Waals surface area contributed by atoms with Gasteiger partial charge in [0.2, 0.25) is 0 Å². The van der Waals surface area contributed by atoms with Gasteiger partial charge in [0.05, 0.1) is 0 Å². The van der Waals surface area contributed by atoms with E-state index in [1.54, 1.807) is 24.2 Å². The van der Waals surface area contributed by atoms with E-state index in [2.05, 4.69) is 42.0 Å². The Hall–Kier alpha value is -3.01. The first-order valence-electron chi connectivity index (χ1n) is 8.65. The van der Waals surface area contributed by atoms with Gasteiger partial charge in [-0.25, -0.2) is 9.97 Å². The molecule has 3 rings (SSSR count). The summed E-state index contributed by atoms with van der Waals surface area (Å²) in [5.41, 5.74) is 6.00. The molecule has 0 radical (unpaired) electrons. The maximum Gasteiger partial charge on any atom is 0.272 e. The molecule has 0 saturated heterocycles. The quantitative estimate of drug-likeness (QED) is 0.706. The molecule has 0 bridgehead atoms. The number of hydrogen-bond donors (Lipinski definition) is 0. The van der Waals surface area contributed by atoms with Gasteiger partial charge in [0.1, 0.15) is 5.69 Å². The summed E-state index contributed by atoms with van der Waals surface area (Å²) < 4.78 is 0. The minimum atomic E-state index is -0.111. The molecule has 3 aromatic rings. The van der Waals surface area contributed by atoms with Crippen molar-refractivity contribution in [2.75, 3.05) is 7.05 Å². The molecule has 0 atom stereocenters. The predicted octanol–water partition coefficient (Wildman–Crippen LogP) is 4.34. The zero-order valence-corrected chi connectivity index (χ0v) is 15.7. The number of carbonyl (C=O) groups excluding carboxylic acids is 1. The average molecular weight is 345 g/mol. The molecule has 4 nitrogen and oxygen atoms in total. The summed E-state index contributed by atoms with van der Waals surface area (Å²) in [6.07, 6.45) is 1.64. The second-order valence-electron chi connectivity index (χ2n) is 6.79. The Morgan fingerprint density at radius 3 is 2.23 bits per heavy atom. The fraction of sp³-hybridized carbons (Fsp3) is 0.227. The number of rotatable bonds is 4. The highest BCUT2D eigenvalue weighted by Gasteiger charge is 2.15. The van der Waals surface area contributed by atoms with E-state index in [1.165, 1.54) is 16.7 Å². The third kappa shape index (κ3) is 4.14.